The smallest absolute Gasteiger partial charge is 0.245 e. The lowest BCUT2D eigenvalue weighted by molar-refractivity contribution is -0.292. The Bertz CT molecular complexity index is 3160. The number of carbonyl (C=O) groups excluding carboxylic acids is 4. The van der Waals surface area contributed by atoms with E-state index in [0.717, 1.165) is 133 Å². The highest BCUT2D eigenvalue weighted by molar-refractivity contribution is 5.89. The largest absolute Gasteiger partial charge is 0.388 e. The van der Waals surface area contributed by atoms with Gasteiger partial charge in [0.15, 0.2) is 24.1 Å². The van der Waals surface area contributed by atoms with E-state index in [9.17, 15) is 49.8 Å². The number of unbranched alkanes of at least 4 members (excludes halogenated alkanes) is 2. The average Bonchev–Trinajstić information content (AvgIpc) is 1.71. The number of nitrogens with zero attached hydrogens (tertiary/aromatic N) is 11. The number of nitrogens with one attached hydrogen (secondary N) is 4. The molecule has 0 spiro atoms. The maximum atomic E-state index is 12.7. The lowest BCUT2D eigenvalue weighted by atomic mass is 9.96. The van der Waals surface area contributed by atoms with Gasteiger partial charge < -0.3 is 143 Å². The van der Waals surface area contributed by atoms with Crippen LogP contribution in [0, 0.1) is 35.5 Å². The van der Waals surface area contributed by atoms with Crippen LogP contribution in [0.3, 0.4) is 0 Å². The number of likely N-dealkylation sites (tertiary alicyclic amines) is 1. The van der Waals surface area contributed by atoms with E-state index < -0.39 is 67.1 Å². The Morgan fingerprint density at radius 2 is 0.898 bits per heavy atom. The number of aliphatic hydroxyl groups excluding tert-OH is 6. The molecule has 10 N–H and O–H groups in total. The van der Waals surface area contributed by atoms with Crippen molar-refractivity contribution in [2.75, 3.05) is 280 Å². The standard InChI is InChI=1S/C42H83N3O14.C18H34N4O5.C18H32N4O5.C10H22N2.C10H24N2/c1-6-7-14-49-15-16-50-17-18-51-19-20-52-21-22-53-23-24-54-25-26-55-27-28-56-29-30-57-31-32-58-33-34-59-36-41(47)44-12-9-8-10-39(43-5)40(46)35-38(4)42(48)45-13-11-37(2)3;1-12(2)7-9-21(3)8-5-6-13-10-22(20-19-13)11-14-15(23)16(24)17(25)18(26-4)27-14;1-11(2)7-9-21(4)8-5-6-13-10-22(20-19-13)18-16(26)14(24)15(25)17(27-18)12(3)23;1-9(2)5-6-12(4)10-7-11(3)8-10;1-10(2)6-9-12(4)8-5-7-11-3/h37-39,43H,6-36H2,1-5H3,(H,44,47)(H,45,48);10,12,14-18,23-25H,5-9,11H2,1-4H3;10-11,14-18,24-26H,5-9H2,1-4H3;9-10H,5-8H2,1-4H3;10-11H,5-9H2,1-4H3. The van der Waals surface area contributed by atoms with Crippen LogP contribution in [0.25, 0.3) is 0 Å². The molecule has 3 aliphatic rings. The summed E-state index contributed by atoms with van der Waals surface area (Å²) in [6.45, 7) is 50.7. The number of likely N-dealkylation sites (N-methyl/N-ethyl adjacent to an activating group) is 3. The maximum absolute atomic E-state index is 12.7. The Balaban J connectivity index is 0.000000984. The van der Waals surface area contributed by atoms with Gasteiger partial charge in [0.05, 0.1) is 162 Å². The highest BCUT2D eigenvalue weighted by Crippen LogP contribution is 2.29. The summed E-state index contributed by atoms with van der Waals surface area (Å²) in [5, 5.41) is 88.2. The predicted octanol–water partition coefficient (Wildman–Crippen LogP) is 4.85. The summed E-state index contributed by atoms with van der Waals surface area (Å²) < 4.78 is 79.0. The van der Waals surface area contributed by atoms with Crippen LogP contribution in [-0.2, 0) is 105 Å². The Kier molecular flexibility index (Phi) is 79.8. The van der Waals surface area contributed by atoms with Crippen molar-refractivity contribution in [2.24, 2.45) is 35.5 Å². The van der Waals surface area contributed by atoms with Gasteiger partial charge in [-0.2, -0.15) is 0 Å². The van der Waals surface area contributed by atoms with E-state index in [4.69, 9.17) is 66.3 Å². The van der Waals surface area contributed by atoms with Crippen molar-refractivity contribution in [2.45, 2.75) is 273 Å². The zero-order valence-electron chi connectivity index (χ0n) is 88.6. The number of hydrogen-bond acceptors (Lipinski definition) is 35. The molecule has 0 radical (unpaired) electrons. The topological polar surface area (TPSA) is 445 Å². The first kappa shape index (κ1) is 130. The highest BCUT2D eigenvalue weighted by Gasteiger charge is 2.47. The fraction of sp³-hybridized carbons (Fsp3) is 0.918. The molecule has 2 amide bonds. The Labute approximate surface area is 823 Å². The first-order valence-corrected chi connectivity index (χ1v) is 51.0. The number of Topliss-reactive ketones (excluding diaryl/α,β-unsaturated/α-hetero) is 2. The molecule has 0 aliphatic carbocycles. The minimum absolute atomic E-state index is 0.0308. The molecule has 3 fully saturated rings. The molecule has 39 nitrogen and oxygen atoms in total. The van der Waals surface area contributed by atoms with Gasteiger partial charge in [0.1, 0.15) is 55.4 Å². The van der Waals surface area contributed by atoms with Crippen molar-refractivity contribution in [3.05, 3.63) is 23.8 Å². The van der Waals surface area contributed by atoms with Gasteiger partial charge in [0, 0.05) is 64.5 Å². The summed E-state index contributed by atoms with van der Waals surface area (Å²) in [5.74, 6) is 2.54. The molecule has 3 aliphatic heterocycles. The fourth-order valence-electron chi connectivity index (χ4n) is 13.9. The molecule has 39 heteroatoms. The van der Waals surface area contributed by atoms with Gasteiger partial charge in [-0.05, 0) is 228 Å². The number of ether oxygens (including phenoxy) is 14. The SMILES string of the molecule is CC(=O)C1OC(n2cc(CCCN(C)CCC(C)C)nn2)C(O)C(O)C1O.CC(C)CCN(C)C1CN(C)C1.CCCCOCCOCCOCCOCCOCCOCCOCCOCCOCCOCCOCC(=O)NCCCCC(NC)C(=O)CC(C)C(=O)NCCC(C)C.CNCCCN(C)CCC(C)C.COC1OC(Cn2cc(CCCN(C)CCC(C)C)nn2)C(O)C(O)C1O. The molecule has 3 saturated heterocycles. The van der Waals surface area contributed by atoms with E-state index in [1.807, 2.05) is 13.2 Å². The van der Waals surface area contributed by atoms with Crippen LogP contribution >= 0.6 is 0 Å². The summed E-state index contributed by atoms with van der Waals surface area (Å²) in [7, 11) is 16.0. The Morgan fingerprint density at radius 3 is 1.33 bits per heavy atom. The van der Waals surface area contributed by atoms with Crippen LogP contribution < -0.4 is 21.3 Å². The fourth-order valence-corrected chi connectivity index (χ4v) is 13.9. The van der Waals surface area contributed by atoms with E-state index in [1.165, 1.54) is 77.1 Å². The second kappa shape index (κ2) is 83.8. The summed E-state index contributed by atoms with van der Waals surface area (Å²) >= 11 is 0. The summed E-state index contributed by atoms with van der Waals surface area (Å²) in [6, 6.07) is 0.520. The second-order valence-electron chi connectivity index (χ2n) is 38.3. The van der Waals surface area contributed by atoms with Crippen LogP contribution in [0.5, 0.6) is 0 Å². The number of aryl methyl sites for hydroxylation is 2. The third-order valence-electron chi connectivity index (χ3n) is 23.1. The number of aromatic nitrogens is 6. The van der Waals surface area contributed by atoms with Crippen LogP contribution in [-0.4, -0.2) is 456 Å². The normalized spacial score (nSPS) is 19.6. The molecule has 2 aromatic rings. The van der Waals surface area contributed by atoms with Crippen molar-refractivity contribution < 1.29 is 116 Å². The molecule has 5 rings (SSSR count). The number of carbonyl (C=O) groups is 4. The number of amides is 2. The van der Waals surface area contributed by atoms with Gasteiger partial charge >= 0.3 is 0 Å². The molecule has 0 bridgehead atoms. The van der Waals surface area contributed by atoms with E-state index in [0.29, 0.717) is 169 Å². The summed E-state index contributed by atoms with van der Waals surface area (Å²) in [6.07, 6.45) is 6.40. The van der Waals surface area contributed by atoms with Crippen LogP contribution in [0.4, 0.5) is 0 Å². The predicted molar refractivity (Wildman–Crippen MR) is 531 cm³/mol. The van der Waals surface area contributed by atoms with E-state index >= 15 is 0 Å². The Morgan fingerprint density at radius 1 is 0.467 bits per heavy atom. The zero-order valence-corrected chi connectivity index (χ0v) is 88.6. The van der Waals surface area contributed by atoms with Crippen molar-refractivity contribution in [1.29, 1.82) is 0 Å². The summed E-state index contributed by atoms with van der Waals surface area (Å²) in [4.78, 5) is 60.5. The maximum Gasteiger partial charge on any atom is 0.245 e. The van der Waals surface area contributed by atoms with Gasteiger partial charge in [-0.3, -0.25) is 19.2 Å². The van der Waals surface area contributed by atoms with Gasteiger partial charge in [0.25, 0.3) is 0 Å². The van der Waals surface area contributed by atoms with Crippen molar-refractivity contribution in [3.8, 4) is 0 Å². The molecule has 12 unspecified atom stereocenters. The number of hydrogen-bond donors (Lipinski definition) is 10. The van der Waals surface area contributed by atoms with E-state index in [1.54, 1.807) is 24.9 Å². The van der Waals surface area contributed by atoms with Gasteiger partial charge in [-0.1, -0.05) is 99.9 Å². The molecule has 2 aromatic heterocycles. The van der Waals surface area contributed by atoms with Gasteiger partial charge in [-0.15, -0.1) is 10.2 Å². The molecule has 5 heterocycles. The third kappa shape index (κ3) is 67.7. The molecule has 0 aromatic carbocycles. The van der Waals surface area contributed by atoms with Crippen LogP contribution in [0.1, 0.15) is 198 Å². The number of methoxy groups -OCH3 is 1. The minimum Gasteiger partial charge on any atom is -0.388 e. The van der Waals surface area contributed by atoms with Gasteiger partial charge in [0.2, 0.25) is 11.8 Å². The second-order valence-corrected chi connectivity index (χ2v) is 38.3. The molecule has 806 valence electrons. The lowest BCUT2D eigenvalue weighted by Crippen LogP contribution is -2.58. The van der Waals surface area contributed by atoms with Gasteiger partial charge in [-0.25, -0.2) is 9.36 Å². The van der Waals surface area contributed by atoms with Crippen LogP contribution in [0.2, 0.25) is 0 Å². The lowest BCUT2D eigenvalue weighted by Gasteiger charge is -2.42. The van der Waals surface area contributed by atoms with Crippen molar-refractivity contribution >= 4 is 23.4 Å². The number of rotatable bonds is 78. The number of aliphatic hydroxyl groups is 6. The molecular formula is C98H195N15O24. The monoisotopic (exact) mass is 1970 g/mol. The highest BCUT2D eigenvalue weighted by atomic mass is 16.7. The van der Waals surface area contributed by atoms with E-state index in [2.05, 4.69) is 178 Å². The number of ketones is 2. The van der Waals surface area contributed by atoms with Crippen molar-refractivity contribution in [3.63, 3.8) is 0 Å². The molecule has 12 atom stereocenters. The molecule has 0 saturated carbocycles. The average molecular weight is 1970 g/mol. The first-order valence-electron chi connectivity index (χ1n) is 51.0. The molecular weight excluding hydrogens is 1770 g/mol. The molecule has 137 heavy (non-hydrogen) atoms. The first-order chi connectivity index (χ1) is 65.6. The third-order valence-corrected chi connectivity index (χ3v) is 23.1. The Hall–Kier alpha value is -4.52. The summed E-state index contributed by atoms with van der Waals surface area (Å²) in [5.41, 5.74) is 1.62. The quantitative estimate of drug-likeness (QED) is 0.0395. The van der Waals surface area contributed by atoms with Crippen LogP contribution in [0.15, 0.2) is 12.4 Å². The van der Waals surface area contributed by atoms with E-state index in [-0.39, 0.29) is 49.1 Å². The minimum atomic E-state index is -1.50. The zero-order chi connectivity index (χ0) is 102. The van der Waals surface area contributed by atoms with Crippen molar-refractivity contribution in [1.82, 2.24) is 75.8 Å².